The van der Waals surface area contributed by atoms with Crippen molar-refractivity contribution in [1.82, 2.24) is 20.1 Å². The van der Waals surface area contributed by atoms with E-state index >= 15 is 0 Å². The largest absolute Gasteiger partial charge is 0.332 e. The van der Waals surface area contributed by atoms with Gasteiger partial charge in [-0.15, -0.1) is 0 Å². The molecule has 86 valence electrons. The van der Waals surface area contributed by atoms with Crippen molar-refractivity contribution < 1.29 is 4.52 Å². The fourth-order valence-corrected chi connectivity index (χ4v) is 1.35. The molecule has 0 spiro atoms. The van der Waals surface area contributed by atoms with Gasteiger partial charge in [-0.2, -0.15) is 4.98 Å². The Balaban J connectivity index is 2.50. The monoisotopic (exact) mass is 228 g/mol. The molecule has 0 atom stereocenters. The highest BCUT2D eigenvalue weighted by Crippen LogP contribution is 2.16. The quantitative estimate of drug-likeness (QED) is 0.807. The van der Waals surface area contributed by atoms with Gasteiger partial charge in [0.2, 0.25) is 0 Å². The Hall–Kier alpha value is -2.30. The van der Waals surface area contributed by atoms with Gasteiger partial charge in [0.15, 0.2) is 5.82 Å². The molecule has 0 fully saturated rings. The van der Waals surface area contributed by atoms with Crippen LogP contribution in [-0.2, 0) is 0 Å². The Kier molecular flexibility index (Phi) is 3.09. The Morgan fingerprint density at radius 1 is 1.29 bits per heavy atom. The van der Waals surface area contributed by atoms with E-state index in [2.05, 4.69) is 26.7 Å². The minimum absolute atomic E-state index is 0.372. The summed E-state index contributed by atoms with van der Waals surface area (Å²) >= 11 is 0. The molecule has 5 nitrogen and oxygen atoms in total. The molecule has 2 rings (SSSR count). The first-order valence-electron chi connectivity index (χ1n) is 5.17. The number of aromatic nitrogens is 4. The van der Waals surface area contributed by atoms with Gasteiger partial charge in [-0.3, -0.25) is 4.98 Å². The summed E-state index contributed by atoms with van der Waals surface area (Å²) in [5, 5.41) is 3.72. The Morgan fingerprint density at radius 2 is 2.12 bits per heavy atom. The van der Waals surface area contributed by atoms with E-state index < -0.39 is 0 Å². The van der Waals surface area contributed by atoms with Gasteiger partial charge in [0.1, 0.15) is 5.69 Å². The Labute approximate surface area is 98.9 Å². The maximum Gasteiger partial charge on any atom is 0.278 e. The molecule has 0 unspecified atom stereocenters. The lowest BCUT2D eigenvalue weighted by atomic mass is 10.2. The van der Waals surface area contributed by atoms with E-state index in [4.69, 9.17) is 4.52 Å². The molecule has 17 heavy (non-hydrogen) atoms. The predicted molar refractivity (Wildman–Crippen MR) is 64.9 cm³/mol. The van der Waals surface area contributed by atoms with Gasteiger partial charge >= 0.3 is 0 Å². The highest BCUT2D eigenvalue weighted by molar-refractivity contribution is 5.60. The molecule has 0 N–H and O–H groups in total. The highest BCUT2D eigenvalue weighted by atomic mass is 16.5. The summed E-state index contributed by atoms with van der Waals surface area (Å²) in [6.45, 7) is 7.36. The second kappa shape index (κ2) is 4.69. The second-order valence-electron chi connectivity index (χ2n) is 3.38. The Morgan fingerprint density at radius 3 is 2.71 bits per heavy atom. The van der Waals surface area contributed by atoms with Crippen molar-refractivity contribution in [1.29, 1.82) is 0 Å². The lowest BCUT2D eigenvalue weighted by molar-refractivity contribution is 0.424. The molecule has 5 heteroatoms. The number of allylic oxidation sites excluding steroid dienone is 1. The number of hydrogen-bond acceptors (Lipinski definition) is 5. The van der Waals surface area contributed by atoms with Crippen LogP contribution in [-0.4, -0.2) is 20.1 Å². The van der Waals surface area contributed by atoms with E-state index in [9.17, 15) is 0 Å². The molecule has 2 aromatic heterocycles. The van der Waals surface area contributed by atoms with Gasteiger partial charge < -0.3 is 4.52 Å². The Bertz CT molecular complexity index is 572. The van der Waals surface area contributed by atoms with Gasteiger partial charge in [0, 0.05) is 0 Å². The molecule has 0 bridgehead atoms. The summed E-state index contributed by atoms with van der Waals surface area (Å²) < 4.78 is 5.04. The molecule has 0 aromatic carbocycles. The van der Waals surface area contributed by atoms with Crippen LogP contribution in [0.4, 0.5) is 0 Å². The van der Waals surface area contributed by atoms with Crippen molar-refractivity contribution in [3.63, 3.8) is 0 Å². The molecular weight excluding hydrogens is 216 g/mol. The first kappa shape index (κ1) is 11.2. The van der Waals surface area contributed by atoms with Crippen molar-refractivity contribution in [3.8, 4) is 11.6 Å². The molecule has 2 heterocycles. The number of aryl methyl sites for hydroxylation is 1. The van der Waals surface area contributed by atoms with Crippen LogP contribution in [0.15, 0.2) is 23.4 Å². The molecule has 2 aromatic rings. The zero-order valence-corrected chi connectivity index (χ0v) is 9.71. The fraction of sp³-hybridized carbons (Fsp3) is 0.167. The maximum atomic E-state index is 5.04. The zero-order valence-electron chi connectivity index (χ0n) is 9.71. The van der Waals surface area contributed by atoms with Crippen LogP contribution in [0, 0.1) is 6.92 Å². The third-order valence-corrected chi connectivity index (χ3v) is 2.09. The van der Waals surface area contributed by atoms with Crippen molar-refractivity contribution in [3.05, 3.63) is 36.1 Å². The van der Waals surface area contributed by atoms with Crippen LogP contribution in [0.25, 0.3) is 23.7 Å². The highest BCUT2D eigenvalue weighted by Gasteiger charge is 2.10. The van der Waals surface area contributed by atoms with Crippen LogP contribution in [0.1, 0.15) is 24.1 Å². The van der Waals surface area contributed by atoms with Crippen LogP contribution >= 0.6 is 0 Å². The summed E-state index contributed by atoms with van der Waals surface area (Å²) in [6.07, 6.45) is 7.00. The summed E-state index contributed by atoms with van der Waals surface area (Å²) in [5.41, 5.74) is 2.02. The molecule has 0 aliphatic rings. The molecular formula is C12H12N4O. The van der Waals surface area contributed by atoms with Crippen molar-refractivity contribution in [2.24, 2.45) is 0 Å². The van der Waals surface area contributed by atoms with Gasteiger partial charge in [-0.25, -0.2) is 4.98 Å². The average Bonchev–Trinajstić information content (AvgIpc) is 2.76. The standard InChI is InChI=1S/C12H12N4O/c1-4-6-10-9(5-2)13-7-11(15-10)12-14-8(3)16-17-12/h4-7H,2H2,1,3H3/b6-4-. The molecule has 0 amide bonds. The summed E-state index contributed by atoms with van der Waals surface area (Å²) in [4.78, 5) is 12.7. The zero-order chi connectivity index (χ0) is 12.3. The van der Waals surface area contributed by atoms with Crippen molar-refractivity contribution in [2.45, 2.75) is 13.8 Å². The first-order valence-corrected chi connectivity index (χ1v) is 5.17. The third kappa shape index (κ3) is 2.28. The molecule has 0 aliphatic heterocycles. The van der Waals surface area contributed by atoms with Crippen LogP contribution in [0.5, 0.6) is 0 Å². The average molecular weight is 228 g/mol. The molecule has 0 radical (unpaired) electrons. The maximum absolute atomic E-state index is 5.04. The van der Waals surface area contributed by atoms with E-state index in [1.54, 1.807) is 19.2 Å². The minimum Gasteiger partial charge on any atom is -0.332 e. The normalized spacial score (nSPS) is 10.9. The topological polar surface area (TPSA) is 64.7 Å². The fourth-order valence-electron chi connectivity index (χ4n) is 1.35. The van der Waals surface area contributed by atoms with Crippen LogP contribution < -0.4 is 0 Å². The smallest absolute Gasteiger partial charge is 0.278 e. The lowest BCUT2D eigenvalue weighted by Gasteiger charge is -2.00. The lowest BCUT2D eigenvalue weighted by Crippen LogP contribution is -1.94. The van der Waals surface area contributed by atoms with Crippen molar-refractivity contribution in [2.75, 3.05) is 0 Å². The van der Waals surface area contributed by atoms with Crippen LogP contribution in [0.2, 0.25) is 0 Å². The predicted octanol–water partition coefficient (Wildman–Crippen LogP) is 2.51. The number of nitrogens with zero attached hydrogens (tertiary/aromatic N) is 4. The number of rotatable bonds is 3. The van der Waals surface area contributed by atoms with Crippen molar-refractivity contribution >= 4 is 12.2 Å². The summed E-state index contributed by atoms with van der Waals surface area (Å²) in [5.74, 6) is 0.943. The molecule has 0 saturated carbocycles. The number of hydrogen-bond donors (Lipinski definition) is 0. The third-order valence-electron chi connectivity index (χ3n) is 2.09. The molecule has 0 saturated heterocycles. The van der Waals surface area contributed by atoms with Gasteiger partial charge in [-0.05, 0) is 26.0 Å². The van der Waals surface area contributed by atoms with E-state index in [0.717, 1.165) is 11.4 Å². The first-order chi connectivity index (χ1) is 8.24. The van der Waals surface area contributed by atoms with Gasteiger partial charge in [0.25, 0.3) is 5.89 Å². The van der Waals surface area contributed by atoms with Gasteiger partial charge in [0.05, 0.1) is 17.6 Å². The molecule has 0 aliphatic carbocycles. The van der Waals surface area contributed by atoms with E-state index in [0.29, 0.717) is 17.4 Å². The van der Waals surface area contributed by atoms with E-state index in [1.165, 1.54) is 0 Å². The minimum atomic E-state index is 0.372. The van der Waals surface area contributed by atoms with E-state index in [-0.39, 0.29) is 0 Å². The summed E-state index contributed by atoms with van der Waals surface area (Å²) in [7, 11) is 0. The SMILES string of the molecule is C=Cc1ncc(-c2nc(C)no2)nc1/C=C\C. The van der Waals surface area contributed by atoms with Crippen LogP contribution in [0.3, 0.4) is 0 Å². The van der Waals surface area contributed by atoms with E-state index in [1.807, 2.05) is 19.1 Å². The second-order valence-corrected chi connectivity index (χ2v) is 3.38. The summed E-state index contributed by atoms with van der Waals surface area (Å²) in [6, 6.07) is 0. The van der Waals surface area contributed by atoms with Gasteiger partial charge in [-0.1, -0.05) is 17.8 Å².